The number of esters is 1. The number of amides is 5. The van der Waals surface area contributed by atoms with Gasteiger partial charge in [0.2, 0.25) is 17.7 Å². The van der Waals surface area contributed by atoms with E-state index in [0.29, 0.717) is 39.5 Å². The number of carbonyl (C=O) groups excluding carboxylic acids is 6. The molecule has 41 heavy (non-hydrogen) atoms. The van der Waals surface area contributed by atoms with Crippen LogP contribution in [-0.2, 0) is 38.1 Å². The van der Waals surface area contributed by atoms with Gasteiger partial charge in [-0.3, -0.25) is 34.2 Å². The average molecular weight is 574 g/mol. The molecule has 0 saturated carbocycles. The summed E-state index contributed by atoms with van der Waals surface area (Å²) < 4.78 is 20.9. The topological polar surface area (TPSA) is 167 Å². The van der Waals surface area contributed by atoms with Crippen LogP contribution in [0.1, 0.15) is 59.2 Å². The van der Waals surface area contributed by atoms with Gasteiger partial charge in [0.05, 0.1) is 49.8 Å². The first-order valence-corrected chi connectivity index (χ1v) is 13.5. The number of benzene rings is 1. The van der Waals surface area contributed by atoms with Gasteiger partial charge in [0, 0.05) is 25.5 Å². The summed E-state index contributed by atoms with van der Waals surface area (Å²) in [5.74, 6) is -3.22. The van der Waals surface area contributed by atoms with E-state index in [9.17, 15) is 28.8 Å². The van der Waals surface area contributed by atoms with Crippen LogP contribution in [0.3, 0.4) is 0 Å². The summed E-state index contributed by atoms with van der Waals surface area (Å²) in [5.41, 5.74) is 0.370. The largest absolute Gasteiger partial charge is 0.460 e. The second kappa shape index (κ2) is 16.4. The fraction of sp³-hybridized carbons (Fsp3) is 0.500. The number of fused-ring (bicyclic) bond motifs is 1. The first kappa shape index (κ1) is 31.6. The Labute approximate surface area is 237 Å². The standard InChI is InChI=1S/C28H35N3O10/c1-2-24(34)41-18-17-40-16-15-39-14-13-38-12-5-3-4-9-22(32)29-20-8-6-7-19-25(20)28(37)31(27(19)36)21-10-11-23(33)30-26(21)35/h2,6-8,21H,1,3-5,9-18H2,(H,29,32)(H,30,33,35). The second-order valence-electron chi connectivity index (χ2n) is 9.24. The maximum absolute atomic E-state index is 13.1. The third-order valence-corrected chi connectivity index (χ3v) is 6.32. The minimum Gasteiger partial charge on any atom is -0.460 e. The summed E-state index contributed by atoms with van der Waals surface area (Å²) in [7, 11) is 0. The number of ether oxygens (including phenoxy) is 4. The van der Waals surface area contributed by atoms with Crippen molar-refractivity contribution in [3.63, 3.8) is 0 Å². The van der Waals surface area contributed by atoms with Crippen LogP contribution in [-0.4, -0.2) is 92.7 Å². The third-order valence-electron chi connectivity index (χ3n) is 6.32. The maximum Gasteiger partial charge on any atom is 0.330 e. The Balaban J connectivity index is 1.27. The van der Waals surface area contributed by atoms with Crippen molar-refractivity contribution in [3.8, 4) is 0 Å². The Hall–Kier alpha value is -3.94. The van der Waals surface area contributed by atoms with Crippen LogP contribution in [0, 0.1) is 0 Å². The van der Waals surface area contributed by atoms with Gasteiger partial charge < -0.3 is 24.3 Å². The summed E-state index contributed by atoms with van der Waals surface area (Å²) in [5, 5.41) is 4.87. The minimum atomic E-state index is -1.07. The smallest absolute Gasteiger partial charge is 0.330 e. The molecule has 3 rings (SSSR count). The number of piperidine rings is 1. The van der Waals surface area contributed by atoms with Crippen molar-refractivity contribution in [2.45, 2.75) is 44.6 Å². The molecule has 1 unspecified atom stereocenters. The summed E-state index contributed by atoms with van der Waals surface area (Å²) in [6.45, 7) is 5.89. The summed E-state index contributed by atoms with van der Waals surface area (Å²) in [6.07, 6.45) is 3.52. The van der Waals surface area contributed by atoms with E-state index in [1.54, 1.807) is 12.1 Å². The van der Waals surface area contributed by atoms with Crippen molar-refractivity contribution in [2.24, 2.45) is 0 Å². The predicted octanol–water partition coefficient (Wildman–Crippen LogP) is 1.37. The molecule has 2 heterocycles. The van der Waals surface area contributed by atoms with Crippen LogP contribution in [0.5, 0.6) is 0 Å². The van der Waals surface area contributed by atoms with Crippen molar-refractivity contribution in [1.29, 1.82) is 0 Å². The molecular formula is C28H35N3O10. The van der Waals surface area contributed by atoms with E-state index >= 15 is 0 Å². The van der Waals surface area contributed by atoms with Gasteiger partial charge in [0.1, 0.15) is 12.6 Å². The molecule has 1 atom stereocenters. The molecule has 0 spiro atoms. The number of carbonyl (C=O) groups is 6. The average Bonchev–Trinajstić information content (AvgIpc) is 3.20. The molecule has 5 amide bonds. The van der Waals surface area contributed by atoms with Crippen LogP contribution < -0.4 is 10.6 Å². The lowest BCUT2D eigenvalue weighted by molar-refractivity contribution is -0.139. The SMILES string of the molecule is C=CC(=O)OCCOCCOCCOCCCCCC(=O)Nc1cccc2c1C(=O)N(C1CCC(=O)NC1=O)C2=O. The first-order valence-electron chi connectivity index (χ1n) is 13.5. The van der Waals surface area contributed by atoms with Crippen LogP contribution in [0.4, 0.5) is 5.69 Å². The van der Waals surface area contributed by atoms with E-state index in [2.05, 4.69) is 17.2 Å². The molecule has 2 aliphatic rings. The van der Waals surface area contributed by atoms with E-state index in [1.165, 1.54) is 6.07 Å². The molecule has 0 bridgehead atoms. The number of hydrogen-bond acceptors (Lipinski definition) is 10. The van der Waals surface area contributed by atoms with Gasteiger partial charge in [-0.05, 0) is 31.4 Å². The Bertz CT molecular complexity index is 1150. The molecule has 1 aromatic carbocycles. The van der Waals surface area contributed by atoms with E-state index in [4.69, 9.17) is 18.9 Å². The molecule has 1 aromatic rings. The van der Waals surface area contributed by atoms with Crippen LogP contribution in [0.15, 0.2) is 30.9 Å². The van der Waals surface area contributed by atoms with Gasteiger partial charge in [0.25, 0.3) is 11.8 Å². The van der Waals surface area contributed by atoms with Crippen molar-refractivity contribution < 1.29 is 47.7 Å². The molecule has 13 nitrogen and oxygen atoms in total. The molecule has 13 heteroatoms. The van der Waals surface area contributed by atoms with Crippen LogP contribution >= 0.6 is 0 Å². The summed E-state index contributed by atoms with van der Waals surface area (Å²) in [4.78, 5) is 74.0. The van der Waals surface area contributed by atoms with Gasteiger partial charge in [-0.2, -0.15) is 0 Å². The number of nitrogens with zero attached hydrogens (tertiary/aromatic N) is 1. The predicted molar refractivity (Wildman–Crippen MR) is 144 cm³/mol. The van der Waals surface area contributed by atoms with E-state index < -0.39 is 35.6 Å². The van der Waals surface area contributed by atoms with E-state index in [1.807, 2.05) is 0 Å². The van der Waals surface area contributed by atoms with Crippen molar-refractivity contribution in [1.82, 2.24) is 10.2 Å². The molecule has 222 valence electrons. The number of imide groups is 2. The van der Waals surface area contributed by atoms with E-state index in [0.717, 1.165) is 23.8 Å². The molecule has 2 N–H and O–H groups in total. The van der Waals surface area contributed by atoms with Crippen LogP contribution in [0.25, 0.3) is 0 Å². The normalized spacial score (nSPS) is 16.4. The lowest BCUT2D eigenvalue weighted by Gasteiger charge is -2.27. The molecule has 0 aromatic heterocycles. The molecular weight excluding hydrogens is 538 g/mol. The number of hydrogen-bond donors (Lipinski definition) is 2. The highest BCUT2D eigenvalue weighted by Gasteiger charge is 2.45. The van der Waals surface area contributed by atoms with Gasteiger partial charge in [-0.1, -0.05) is 19.1 Å². The molecule has 1 saturated heterocycles. The zero-order chi connectivity index (χ0) is 29.6. The quantitative estimate of drug-likeness (QED) is 0.113. The molecule has 2 aliphatic heterocycles. The second-order valence-corrected chi connectivity index (χ2v) is 9.24. The monoisotopic (exact) mass is 573 g/mol. The highest BCUT2D eigenvalue weighted by Crippen LogP contribution is 2.32. The van der Waals surface area contributed by atoms with Gasteiger partial charge in [-0.25, -0.2) is 4.79 Å². The first-order chi connectivity index (χ1) is 19.8. The lowest BCUT2D eigenvalue weighted by Crippen LogP contribution is -2.54. The minimum absolute atomic E-state index is 0.0286. The van der Waals surface area contributed by atoms with Crippen LogP contribution in [0.2, 0.25) is 0 Å². The highest BCUT2D eigenvalue weighted by molar-refractivity contribution is 6.26. The van der Waals surface area contributed by atoms with E-state index in [-0.39, 0.29) is 55.2 Å². The zero-order valence-electron chi connectivity index (χ0n) is 22.8. The fourth-order valence-corrected chi connectivity index (χ4v) is 4.30. The van der Waals surface area contributed by atoms with Gasteiger partial charge in [-0.15, -0.1) is 0 Å². The zero-order valence-corrected chi connectivity index (χ0v) is 22.8. The Kier molecular flexibility index (Phi) is 12.6. The third kappa shape index (κ3) is 9.30. The maximum atomic E-state index is 13.1. The van der Waals surface area contributed by atoms with Gasteiger partial charge in [0.15, 0.2) is 0 Å². The fourth-order valence-electron chi connectivity index (χ4n) is 4.30. The molecule has 1 fully saturated rings. The molecule has 0 radical (unpaired) electrons. The highest BCUT2D eigenvalue weighted by atomic mass is 16.6. The Morgan fingerprint density at radius 3 is 2.29 bits per heavy atom. The Morgan fingerprint density at radius 1 is 0.927 bits per heavy atom. The van der Waals surface area contributed by atoms with Crippen molar-refractivity contribution >= 4 is 41.2 Å². The van der Waals surface area contributed by atoms with Gasteiger partial charge >= 0.3 is 5.97 Å². The number of nitrogens with one attached hydrogen (secondary N) is 2. The number of anilines is 1. The number of unbranched alkanes of at least 4 members (excludes halogenated alkanes) is 2. The van der Waals surface area contributed by atoms with Crippen molar-refractivity contribution in [2.75, 3.05) is 51.6 Å². The van der Waals surface area contributed by atoms with Crippen molar-refractivity contribution in [3.05, 3.63) is 42.0 Å². The Morgan fingerprint density at radius 2 is 1.61 bits per heavy atom. The lowest BCUT2D eigenvalue weighted by atomic mass is 10.0. The number of rotatable bonds is 18. The molecule has 0 aliphatic carbocycles. The summed E-state index contributed by atoms with van der Waals surface area (Å²) >= 11 is 0. The summed E-state index contributed by atoms with van der Waals surface area (Å²) in [6, 6.07) is 3.51.